The molecule has 4 rings (SSSR count). The van der Waals surface area contributed by atoms with Gasteiger partial charge in [0.25, 0.3) is 5.91 Å². The third kappa shape index (κ3) is 3.70. The number of nitrogens with zero attached hydrogens (tertiary/aromatic N) is 1. The van der Waals surface area contributed by atoms with Crippen molar-refractivity contribution >= 4 is 17.5 Å². The minimum Gasteiger partial charge on any atom is -0.467 e. The minimum absolute atomic E-state index is 0.116. The van der Waals surface area contributed by atoms with Gasteiger partial charge in [-0.25, -0.2) is 0 Å². The summed E-state index contributed by atoms with van der Waals surface area (Å²) in [4.78, 5) is 15.9. The maximum atomic E-state index is 12.6. The first-order valence-electron chi connectivity index (χ1n) is 8.90. The lowest BCUT2D eigenvalue weighted by molar-refractivity contribution is -0.917. The number of nitrogens with one attached hydrogen (secondary N) is 1. The normalized spacial score (nSPS) is 17.5. The summed E-state index contributed by atoms with van der Waals surface area (Å²) < 4.78 is 11.1. The van der Waals surface area contributed by atoms with Gasteiger partial charge in [0.1, 0.15) is 12.3 Å². The number of ether oxygens (including phenoxy) is 2. The highest BCUT2D eigenvalue weighted by Crippen LogP contribution is 2.31. The third-order valence-corrected chi connectivity index (χ3v) is 5.19. The number of hydrogen-bond donors (Lipinski definition) is 1. The molecular formula is C20H22ClN2O3+. The number of rotatable bonds is 3. The van der Waals surface area contributed by atoms with Crippen LogP contribution in [0.1, 0.15) is 21.5 Å². The van der Waals surface area contributed by atoms with Crippen LogP contribution in [0.15, 0.2) is 42.5 Å². The quantitative estimate of drug-likeness (QED) is 0.891. The summed E-state index contributed by atoms with van der Waals surface area (Å²) in [5.41, 5.74) is 2.89. The summed E-state index contributed by atoms with van der Waals surface area (Å²) in [5, 5.41) is 0.713. The molecule has 6 heteroatoms. The fourth-order valence-corrected chi connectivity index (χ4v) is 3.89. The predicted octanol–water partition coefficient (Wildman–Crippen LogP) is 1.75. The SMILES string of the molecule is O=C(c1ccccc1)N1CC[NH+](Cc2cc(Cl)cc3c2OCOC3)CC1. The number of amides is 1. The van der Waals surface area contributed by atoms with E-state index in [0.29, 0.717) is 11.6 Å². The van der Waals surface area contributed by atoms with Gasteiger partial charge in [0.15, 0.2) is 6.79 Å². The molecule has 1 saturated heterocycles. The molecule has 136 valence electrons. The summed E-state index contributed by atoms with van der Waals surface area (Å²) in [7, 11) is 0. The Morgan fingerprint density at radius 1 is 1.15 bits per heavy atom. The fourth-order valence-electron chi connectivity index (χ4n) is 3.62. The van der Waals surface area contributed by atoms with Crippen molar-refractivity contribution < 1.29 is 19.2 Å². The van der Waals surface area contributed by atoms with E-state index in [1.54, 1.807) is 0 Å². The van der Waals surface area contributed by atoms with Gasteiger partial charge in [0.05, 0.1) is 38.3 Å². The Balaban J connectivity index is 1.40. The second kappa shape index (κ2) is 7.66. The van der Waals surface area contributed by atoms with Crippen molar-refractivity contribution in [3.63, 3.8) is 0 Å². The highest BCUT2D eigenvalue weighted by Gasteiger charge is 2.26. The van der Waals surface area contributed by atoms with E-state index < -0.39 is 0 Å². The Morgan fingerprint density at radius 2 is 1.92 bits per heavy atom. The third-order valence-electron chi connectivity index (χ3n) is 4.97. The van der Waals surface area contributed by atoms with Crippen LogP contribution in [0.25, 0.3) is 0 Å². The molecule has 1 amide bonds. The zero-order valence-corrected chi connectivity index (χ0v) is 15.3. The lowest BCUT2D eigenvalue weighted by Gasteiger charge is -2.33. The van der Waals surface area contributed by atoms with Crippen LogP contribution >= 0.6 is 11.6 Å². The molecule has 0 saturated carbocycles. The Morgan fingerprint density at radius 3 is 2.69 bits per heavy atom. The zero-order valence-electron chi connectivity index (χ0n) is 14.5. The Hall–Kier alpha value is -2.08. The highest BCUT2D eigenvalue weighted by atomic mass is 35.5. The number of piperazine rings is 1. The van der Waals surface area contributed by atoms with Gasteiger partial charge in [-0.05, 0) is 24.3 Å². The van der Waals surface area contributed by atoms with Crippen molar-refractivity contribution in [2.75, 3.05) is 33.0 Å². The van der Waals surface area contributed by atoms with Gasteiger partial charge in [-0.3, -0.25) is 4.79 Å². The van der Waals surface area contributed by atoms with Crippen molar-refractivity contribution in [1.29, 1.82) is 0 Å². The molecule has 0 radical (unpaired) electrons. The molecule has 0 atom stereocenters. The first kappa shape index (κ1) is 17.3. The van der Waals surface area contributed by atoms with Gasteiger partial charge < -0.3 is 19.3 Å². The number of quaternary nitrogens is 1. The van der Waals surface area contributed by atoms with Crippen molar-refractivity contribution in [3.05, 3.63) is 64.2 Å². The fraction of sp³-hybridized carbons (Fsp3) is 0.350. The van der Waals surface area contributed by atoms with Gasteiger partial charge in [-0.1, -0.05) is 29.8 Å². The van der Waals surface area contributed by atoms with Crippen LogP contribution in [0.5, 0.6) is 5.75 Å². The van der Waals surface area contributed by atoms with Crippen LogP contribution in [0.3, 0.4) is 0 Å². The second-order valence-electron chi connectivity index (χ2n) is 6.75. The molecule has 2 aromatic rings. The van der Waals surface area contributed by atoms with E-state index >= 15 is 0 Å². The molecular weight excluding hydrogens is 352 g/mol. The molecule has 0 unspecified atom stereocenters. The van der Waals surface area contributed by atoms with Gasteiger partial charge in [0.2, 0.25) is 0 Å². The topological polar surface area (TPSA) is 43.2 Å². The highest BCUT2D eigenvalue weighted by molar-refractivity contribution is 6.30. The molecule has 0 spiro atoms. The monoisotopic (exact) mass is 373 g/mol. The summed E-state index contributed by atoms with van der Waals surface area (Å²) in [6, 6.07) is 13.4. The second-order valence-corrected chi connectivity index (χ2v) is 7.19. The first-order valence-corrected chi connectivity index (χ1v) is 9.28. The lowest BCUT2D eigenvalue weighted by atomic mass is 10.1. The number of halogens is 1. The lowest BCUT2D eigenvalue weighted by Crippen LogP contribution is -3.13. The molecule has 0 aromatic heterocycles. The van der Waals surface area contributed by atoms with Crippen LogP contribution in [0.2, 0.25) is 5.02 Å². The summed E-state index contributed by atoms with van der Waals surface area (Å²) in [5.74, 6) is 1.03. The maximum absolute atomic E-state index is 12.6. The van der Waals surface area contributed by atoms with Gasteiger partial charge in [0, 0.05) is 16.1 Å². The zero-order chi connectivity index (χ0) is 17.9. The molecule has 5 nitrogen and oxygen atoms in total. The van der Waals surface area contributed by atoms with E-state index in [1.165, 1.54) is 4.90 Å². The average Bonchev–Trinajstić information content (AvgIpc) is 2.68. The van der Waals surface area contributed by atoms with Crippen LogP contribution in [-0.2, 0) is 17.9 Å². The van der Waals surface area contributed by atoms with Gasteiger partial charge in [-0.15, -0.1) is 0 Å². The Kier molecular flexibility index (Phi) is 5.11. The Bertz CT molecular complexity index is 789. The summed E-state index contributed by atoms with van der Waals surface area (Å²) in [6.45, 7) is 5.02. The van der Waals surface area contributed by atoms with E-state index in [-0.39, 0.29) is 12.7 Å². The molecule has 0 aliphatic carbocycles. The van der Waals surface area contributed by atoms with Crippen molar-refractivity contribution in [3.8, 4) is 5.75 Å². The molecule has 26 heavy (non-hydrogen) atoms. The smallest absolute Gasteiger partial charge is 0.254 e. The average molecular weight is 374 g/mol. The molecule has 2 heterocycles. The van der Waals surface area contributed by atoms with E-state index in [0.717, 1.165) is 55.2 Å². The van der Waals surface area contributed by atoms with Crippen LogP contribution < -0.4 is 9.64 Å². The first-order chi connectivity index (χ1) is 12.7. The van der Waals surface area contributed by atoms with Crippen LogP contribution in [0, 0.1) is 0 Å². The summed E-state index contributed by atoms with van der Waals surface area (Å²) >= 11 is 6.26. The molecule has 2 aliphatic heterocycles. The number of benzene rings is 2. The number of hydrogen-bond acceptors (Lipinski definition) is 3. The molecule has 2 aromatic carbocycles. The number of carbonyl (C=O) groups excluding carboxylic acids is 1. The number of carbonyl (C=O) groups is 1. The largest absolute Gasteiger partial charge is 0.467 e. The van der Waals surface area contributed by atoms with Crippen LogP contribution in [-0.4, -0.2) is 43.8 Å². The van der Waals surface area contributed by atoms with Gasteiger partial charge >= 0.3 is 0 Å². The van der Waals surface area contributed by atoms with E-state index in [1.807, 2.05) is 47.4 Å². The molecule has 1 fully saturated rings. The molecule has 1 N–H and O–H groups in total. The molecule has 0 bridgehead atoms. The van der Waals surface area contributed by atoms with Crippen LogP contribution in [0.4, 0.5) is 0 Å². The standard InChI is InChI=1S/C20H21ClN2O3/c21-18-10-16(19-17(11-18)13-25-14-26-19)12-22-6-8-23(9-7-22)20(24)15-4-2-1-3-5-15/h1-5,10-11H,6-9,12-14H2/p+1. The predicted molar refractivity (Wildman–Crippen MR) is 98.5 cm³/mol. The minimum atomic E-state index is 0.116. The van der Waals surface area contributed by atoms with E-state index in [4.69, 9.17) is 21.1 Å². The van der Waals surface area contributed by atoms with Gasteiger partial charge in [-0.2, -0.15) is 0 Å². The maximum Gasteiger partial charge on any atom is 0.254 e. The number of fused-ring (bicyclic) bond motifs is 1. The van der Waals surface area contributed by atoms with Crippen molar-refractivity contribution in [2.24, 2.45) is 0 Å². The van der Waals surface area contributed by atoms with E-state index in [9.17, 15) is 4.79 Å². The van der Waals surface area contributed by atoms with E-state index in [2.05, 4.69) is 0 Å². The van der Waals surface area contributed by atoms with Crippen molar-refractivity contribution in [2.45, 2.75) is 13.2 Å². The Labute approximate surface area is 158 Å². The van der Waals surface area contributed by atoms with Crippen molar-refractivity contribution in [1.82, 2.24) is 4.90 Å². The molecule has 2 aliphatic rings. The summed E-state index contributed by atoms with van der Waals surface area (Å²) in [6.07, 6.45) is 0.